The van der Waals surface area contributed by atoms with Gasteiger partial charge in [0.2, 0.25) is 11.8 Å². The smallest absolute Gasteiger partial charge is 0.249 e. The maximum absolute atomic E-state index is 13.7. The summed E-state index contributed by atoms with van der Waals surface area (Å²) in [5, 5.41) is 18.5. The zero-order valence-electron chi connectivity index (χ0n) is 22.3. The van der Waals surface area contributed by atoms with Crippen LogP contribution in [0.1, 0.15) is 47.4 Å². The number of aliphatic hydroxyl groups excluding tert-OH is 1. The number of nitrogens with zero attached hydrogens (tertiary/aromatic N) is 3. The molecular weight excluding hydrogens is 518 g/mol. The van der Waals surface area contributed by atoms with Gasteiger partial charge in [-0.1, -0.05) is 49.4 Å². The Balaban J connectivity index is 1.57. The maximum atomic E-state index is 13.7. The third-order valence-corrected chi connectivity index (χ3v) is 7.32. The van der Waals surface area contributed by atoms with Crippen molar-refractivity contribution in [1.29, 1.82) is 0 Å². The molecule has 1 fully saturated rings. The number of ketones is 1. The monoisotopic (exact) mass is 551 g/mol. The van der Waals surface area contributed by atoms with Crippen molar-refractivity contribution in [2.45, 2.75) is 38.2 Å². The molecule has 1 aromatic heterocycles. The molecule has 1 aliphatic rings. The van der Waals surface area contributed by atoms with E-state index in [2.05, 4.69) is 15.6 Å². The van der Waals surface area contributed by atoms with Crippen LogP contribution in [-0.2, 0) is 9.59 Å². The van der Waals surface area contributed by atoms with Crippen molar-refractivity contribution in [3.8, 4) is 5.75 Å². The van der Waals surface area contributed by atoms with Crippen molar-refractivity contribution in [3.05, 3.63) is 76.8 Å². The molecule has 0 spiro atoms. The number of likely N-dealkylation sites (N-methyl/N-ethyl adjacent to an activating group) is 1. The summed E-state index contributed by atoms with van der Waals surface area (Å²) in [6, 6.07) is 14.5. The van der Waals surface area contributed by atoms with E-state index in [1.165, 1.54) is 11.8 Å². The highest BCUT2D eigenvalue weighted by atomic mass is 32.1. The fourth-order valence-electron chi connectivity index (χ4n) is 4.41. The Bertz CT molecular complexity index is 1300. The molecule has 0 bridgehead atoms. The molecule has 3 aromatic rings. The minimum absolute atomic E-state index is 0.216. The quantitative estimate of drug-likeness (QED) is 0.311. The largest absolute Gasteiger partial charge is 0.492 e. The molecule has 10 nitrogen and oxygen atoms in total. The number of anilines is 1. The predicted molar refractivity (Wildman–Crippen MR) is 149 cm³/mol. The molecule has 0 saturated carbocycles. The predicted octanol–water partition coefficient (Wildman–Crippen LogP) is 2.85. The average Bonchev–Trinajstić information content (AvgIpc) is 3.50. The lowest BCUT2D eigenvalue weighted by atomic mass is 9.91. The first-order valence-electron chi connectivity index (χ1n) is 12.6. The Morgan fingerprint density at radius 2 is 1.87 bits per heavy atom. The Labute approximate surface area is 231 Å². The number of aromatic nitrogens is 1. The summed E-state index contributed by atoms with van der Waals surface area (Å²) in [4.78, 5) is 46.4. The normalized spacial score (nSPS) is 18.7. The Hall–Kier alpha value is -3.64. The van der Waals surface area contributed by atoms with E-state index >= 15 is 0 Å². The summed E-state index contributed by atoms with van der Waals surface area (Å²) in [6.45, 7) is 4.52. The second-order valence-electron chi connectivity index (χ2n) is 9.67. The van der Waals surface area contributed by atoms with E-state index in [0.29, 0.717) is 17.9 Å². The number of nitrogens with one attached hydrogen (secondary N) is 2. The number of carbonyl (C=O) groups is 3. The Morgan fingerprint density at radius 3 is 2.49 bits per heavy atom. The number of thiazole rings is 1. The molecule has 4 rings (SSSR count). The molecule has 0 aliphatic carbocycles. The molecule has 2 amide bonds. The Morgan fingerprint density at radius 1 is 1.18 bits per heavy atom. The summed E-state index contributed by atoms with van der Waals surface area (Å²) in [5.41, 5.74) is 1.71. The van der Waals surface area contributed by atoms with Gasteiger partial charge < -0.3 is 20.1 Å². The summed E-state index contributed by atoms with van der Waals surface area (Å²) in [7, 11) is 3.93. The van der Waals surface area contributed by atoms with Gasteiger partial charge in [-0.05, 0) is 37.4 Å². The van der Waals surface area contributed by atoms with Crippen LogP contribution >= 0.6 is 11.3 Å². The maximum Gasteiger partial charge on any atom is 0.249 e. The first kappa shape index (κ1) is 28.4. The number of carbonyl (C=O) groups excluding carboxylic acids is 3. The standard InChI is InChI=1S/C28H33N5O5S/c1-17(19-8-6-5-7-9-19)24(25(35)31-27-29-22(16-39-27)18(2)34)33-26(36)23(30-28(33)37)20-10-12-21(13-11-20)38-15-14-32(3)4/h5-13,16-17,23-24,28,30,37H,14-15H2,1-4H3,(H,29,31,35)/t17-,23-,24-,28?/m0/s1. The topological polar surface area (TPSA) is 124 Å². The van der Waals surface area contributed by atoms with Crippen LogP contribution < -0.4 is 15.4 Å². The molecule has 2 aromatic carbocycles. The second-order valence-corrected chi connectivity index (χ2v) is 10.5. The van der Waals surface area contributed by atoms with Crippen LogP contribution in [0.5, 0.6) is 5.75 Å². The molecule has 1 aliphatic heterocycles. The van der Waals surface area contributed by atoms with Gasteiger partial charge in [-0.25, -0.2) is 4.98 Å². The molecule has 1 saturated heterocycles. The molecule has 3 N–H and O–H groups in total. The molecule has 39 heavy (non-hydrogen) atoms. The minimum atomic E-state index is -1.40. The third kappa shape index (κ3) is 6.69. The highest BCUT2D eigenvalue weighted by molar-refractivity contribution is 7.14. The number of aliphatic hydroxyl groups is 1. The number of ether oxygens (including phenoxy) is 1. The molecular formula is C28H33N5O5S. The highest BCUT2D eigenvalue weighted by Gasteiger charge is 2.47. The number of Topliss-reactive ketones (excluding diaryl/α,β-unsaturated/α-hetero) is 1. The second kappa shape index (κ2) is 12.5. The first-order chi connectivity index (χ1) is 18.7. The zero-order chi connectivity index (χ0) is 28.1. The van der Waals surface area contributed by atoms with Gasteiger partial charge in [-0.2, -0.15) is 0 Å². The van der Waals surface area contributed by atoms with E-state index < -0.39 is 36.2 Å². The van der Waals surface area contributed by atoms with Gasteiger partial charge in [0.15, 0.2) is 17.3 Å². The summed E-state index contributed by atoms with van der Waals surface area (Å²) < 4.78 is 5.74. The van der Waals surface area contributed by atoms with Crippen molar-refractivity contribution >= 4 is 34.1 Å². The van der Waals surface area contributed by atoms with Crippen LogP contribution in [0.15, 0.2) is 60.0 Å². The van der Waals surface area contributed by atoms with Crippen LogP contribution in [0.3, 0.4) is 0 Å². The zero-order valence-corrected chi connectivity index (χ0v) is 23.1. The van der Waals surface area contributed by atoms with Gasteiger partial charge in [0, 0.05) is 24.8 Å². The van der Waals surface area contributed by atoms with E-state index in [1.54, 1.807) is 29.6 Å². The number of hydrogen-bond donors (Lipinski definition) is 3. The van der Waals surface area contributed by atoms with Crippen molar-refractivity contribution < 1.29 is 24.2 Å². The molecule has 11 heteroatoms. The SMILES string of the molecule is CC(=O)c1csc(NC(=O)[C@H]([C@@H](C)c2ccccc2)N2C(=O)[C@H](c3ccc(OCCN(C)C)cc3)NC2O)n1. The van der Waals surface area contributed by atoms with Crippen molar-refractivity contribution in [1.82, 2.24) is 20.1 Å². The lowest BCUT2D eigenvalue weighted by Crippen LogP contribution is -2.52. The van der Waals surface area contributed by atoms with Crippen LogP contribution in [0.25, 0.3) is 0 Å². The van der Waals surface area contributed by atoms with Crippen LogP contribution in [0.2, 0.25) is 0 Å². The van der Waals surface area contributed by atoms with Gasteiger partial charge >= 0.3 is 0 Å². The molecule has 206 valence electrons. The molecule has 1 unspecified atom stereocenters. The third-order valence-electron chi connectivity index (χ3n) is 6.56. The fourth-order valence-corrected chi connectivity index (χ4v) is 5.16. The van der Waals surface area contributed by atoms with E-state index in [0.717, 1.165) is 23.4 Å². The number of rotatable bonds is 11. The van der Waals surface area contributed by atoms with Crippen LogP contribution in [0, 0.1) is 0 Å². The van der Waals surface area contributed by atoms with Gasteiger partial charge in [-0.15, -0.1) is 11.3 Å². The first-order valence-corrected chi connectivity index (χ1v) is 13.5. The van der Waals surface area contributed by atoms with E-state index in [1.807, 2.05) is 56.3 Å². The highest BCUT2D eigenvalue weighted by Crippen LogP contribution is 2.33. The number of amides is 2. The molecule has 4 atom stereocenters. The number of benzene rings is 2. The average molecular weight is 552 g/mol. The van der Waals surface area contributed by atoms with Crippen LogP contribution in [-0.4, -0.2) is 77.1 Å². The molecule has 2 heterocycles. The summed E-state index contributed by atoms with van der Waals surface area (Å²) in [6.07, 6.45) is -1.40. The van der Waals surface area contributed by atoms with Gasteiger partial charge in [0.05, 0.1) is 0 Å². The van der Waals surface area contributed by atoms with Crippen molar-refractivity contribution in [2.24, 2.45) is 0 Å². The van der Waals surface area contributed by atoms with E-state index in [4.69, 9.17) is 4.74 Å². The van der Waals surface area contributed by atoms with Gasteiger partial charge in [0.25, 0.3) is 0 Å². The van der Waals surface area contributed by atoms with E-state index in [-0.39, 0.29) is 16.6 Å². The lowest BCUT2D eigenvalue weighted by Gasteiger charge is -2.33. The summed E-state index contributed by atoms with van der Waals surface area (Å²) >= 11 is 1.12. The van der Waals surface area contributed by atoms with Gasteiger partial charge in [0.1, 0.15) is 30.1 Å². The minimum Gasteiger partial charge on any atom is -0.492 e. The van der Waals surface area contributed by atoms with Crippen molar-refractivity contribution in [3.63, 3.8) is 0 Å². The fraction of sp³-hybridized carbons (Fsp3) is 0.357. The van der Waals surface area contributed by atoms with Crippen molar-refractivity contribution in [2.75, 3.05) is 32.6 Å². The number of hydrogen-bond acceptors (Lipinski definition) is 9. The lowest BCUT2D eigenvalue weighted by molar-refractivity contribution is -0.144. The van der Waals surface area contributed by atoms with E-state index in [9.17, 15) is 19.5 Å². The Kier molecular flexibility index (Phi) is 9.08. The summed E-state index contributed by atoms with van der Waals surface area (Å²) in [5.74, 6) is -0.963. The van der Waals surface area contributed by atoms with Crippen LogP contribution in [0.4, 0.5) is 5.13 Å². The van der Waals surface area contributed by atoms with Gasteiger partial charge in [-0.3, -0.25) is 24.6 Å². The molecule has 0 radical (unpaired) electrons.